The van der Waals surface area contributed by atoms with E-state index >= 15 is 0 Å². The van der Waals surface area contributed by atoms with E-state index in [9.17, 15) is 13.2 Å². The predicted molar refractivity (Wildman–Crippen MR) is 115 cm³/mol. The number of hydrazone groups is 1. The molecule has 0 atom stereocenters. The van der Waals surface area contributed by atoms with Gasteiger partial charge in [0.2, 0.25) is 0 Å². The van der Waals surface area contributed by atoms with Crippen LogP contribution < -0.4 is 9.57 Å². The summed E-state index contributed by atoms with van der Waals surface area (Å²) < 4.78 is 30.3. The van der Waals surface area contributed by atoms with Crippen LogP contribution in [-0.4, -0.2) is 20.6 Å². The van der Waals surface area contributed by atoms with Crippen molar-refractivity contribution in [1.82, 2.24) is 4.83 Å². The molecule has 1 N–H and O–H groups in total. The molecule has 0 aliphatic carbocycles. The number of carbonyl (C=O) groups is 1. The number of sulfonamides is 1. The van der Waals surface area contributed by atoms with Crippen molar-refractivity contribution >= 4 is 44.8 Å². The average molecular weight is 506 g/mol. The fraction of sp³-hybridized carbons (Fsp3) is 0. The summed E-state index contributed by atoms with van der Waals surface area (Å²) in [7, 11) is -3.71. The zero-order valence-corrected chi connectivity index (χ0v) is 17.4. The van der Waals surface area contributed by atoms with Gasteiger partial charge in [-0.25, -0.2) is 9.63 Å². The summed E-state index contributed by atoms with van der Waals surface area (Å²) in [5.74, 6) is -0.0614. The minimum atomic E-state index is -3.71. The van der Waals surface area contributed by atoms with Crippen molar-refractivity contribution in [2.45, 2.75) is 4.90 Å². The third-order valence-corrected chi connectivity index (χ3v) is 5.80. The van der Waals surface area contributed by atoms with Crippen molar-refractivity contribution in [3.8, 4) is 5.75 Å². The molecule has 3 rings (SSSR count). The number of rotatable bonds is 6. The lowest BCUT2D eigenvalue weighted by Crippen LogP contribution is -2.18. The summed E-state index contributed by atoms with van der Waals surface area (Å²) in [5.41, 5.74) is 1.13. The molecule has 0 aliphatic heterocycles. The molecule has 0 radical (unpaired) electrons. The molecule has 0 fully saturated rings. The number of hydrogen-bond donors (Lipinski definition) is 1. The zero-order valence-electron chi connectivity index (χ0n) is 14.4. The minimum absolute atomic E-state index is 0.130. The summed E-state index contributed by atoms with van der Waals surface area (Å²) in [6.07, 6.45) is 1.37. The first-order valence-corrected chi connectivity index (χ1v) is 10.7. The highest BCUT2D eigenvalue weighted by atomic mass is 127. The Bertz CT molecular complexity index is 1100. The van der Waals surface area contributed by atoms with E-state index in [1.54, 1.807) is 54.6 Å². The average Bonchev–Trinajstić information content (AvgIpc) is 2.70. The molecular formula is C20H15IN2O4S. The van der Waals surface area contributed by atoms with E-state index < -0.39 is 16.0 Å². The highest BCUT2D eigenvalue weighted by Gasteiger charge is 2.12. The van der Waals surface area contributed by atoms with Gasteiger partial charge in [-0.1, -0.05) is 30.3 Å². The van der Waals surface area contributed by atoms with E-state index in [1.807, 2.05) is 12.1 Å². The predicted octanol–water partition coefficient (Wildman–Crippen LogP) is 3.82. The molecule has 0 saturated carbocycles. The Morgan fingerprint density at radius 2 is 1.57 bits per heavy atom. The maximum Gasteiger partial charge on any atom is 0.344 e. The third-order valence-electron chi connectivity index (χ3n) is 3.62. The molecular weight excluding hydrogens is 491 g/mol. The number of hydrogen-bond acceptors (Lipinski definition) is 5. The first-order valence-electron chi connectivity index (χ1n) is 8.12. The second kappa shape index (κ2) is 8.98. The molecule has 6 nitrogen and oxygen atoms in total. The molecule has 0 aromatic heterocycles. The Kier molecular flexibility index (Phi) is 6.42. The summed E-state index contributed by atoms with van der Waals surface area (Å²) in [5, 5.41) is 3.77. The van der Waals surface area contributed by atoms with Gasteiger partial charge < -0.3 is 4.74 Å². The first-order chi connectivity index (χ1) is 13.5. The molecule has 0 amide bonds. The minimum Gasteiger partial charge on any atom is -0.423 e. The van der Waals surface area contributed by atoms with Crippen molar-refractivity contribution in [3.05, 3.63) is 93.6 Å². The lowest BCUT2D eigenvalue weighted by Gasteiger charge is -2.06. The van der Waals surface area contributed by atoms with Gasteiger partial charge in [0.05, 0.1) is 16.7 Å². The molecule has 3 aromatic rings. The third kappa shape index (κ3) is 5.17. The van der Waals surface area contributed by atoms with Gasteiger partial charge in [-0.2, -0.15) is 13.5 Å². The number of carbonyl (C=O) groups excluding carboxylic acids is 1. The van der Waals surface area contributed by atoms with Gasteiger partial charge >= 0.3 is 5.97 Å². The summed E-state index contributed by atoms with van der Waals surface area (Å²) >= 11 is 2.07. The Morgan fingerprint density at radius 3 is 2.25 bits per heavy atom. The number of ether oxygens (including phenoxy) is 1. The van der Waals surface area contributed by atoms with Crippen molar-refractivity contribution in [2.24, 2.45) is 5.10 Å². The summed E-state index contributed by atoms with van der Waals surface area (Å²) in [6, 6.07) is 21.7. The van der Waals surface area contributed by atoms with E-state index in [0.29, 0.717) is 16.9 Å². The fourth-order valence-electron chi connectivity index (χ4n) is 2.23. The molecule has 8 heteroatoms. The van der Waals surface area contributed by atoms with Crippen molar-refractivity contribution in [2.75, 3.05) is 0 Å². The Balaban J connectivity index is 1.62. The molecule has 28 heavy (non-hydrogen) atoms. The zero-order chi connectivity index (χ0) is 20.0. The molecule has 0 aliphatic rings. The highest BCUT2D eigenvalue weighted by Crippen LogP contribution is 2.17. The lowest BCUT2D eigenvalue weighted by atomic mass is 10.2. The second-order valence-electron chi connectivity index (χ2n) is 5.60. The van der Waals surface area contributed by atoms with Crippen molar-refractivity contribution in [1.29, 1.82) is 0 Å². The van der Waals surface area contributed by atoms with Gasteiger partial charge in [-0.15, -0.1) is 0 Å². The number of esters is 1. The van der Waals surface area contributed by atoms with Crippen LogP contribution in [0.5, 0.6) is 5.75 Å². The van der Waals surface area contributed by atoms with Crippen LogP contribution in [0.4, 0.5) is 0 Å². The van der Waals surface area contributed by atoms with Gasteiger partial charge in [-0.05, 0) is 76.7 Å². The van der Waals surface area contributed by atoms with E-state index in [4.69, 9.17) is 4.74 Å². The van der Waals surface area contributed by atoms with Gasteiger partial charge in [0.25, 0.3) is 10.0 Å². The van der Waals surface area contributed by atoms with E-state index in [1.165, 1.54) is 18.3 Å². The van der Waals surface area contributed by atoms with Crippen molar-refractivity contribution in [3.63, 3.8) is 0 Å². The topological polar surface area (TPSA) is 84.8 Å². The molecule has 0 saturated heterocycles. The summed E-state index contributed by atoms with van der Waals surface area (Å²) in [4.78, 5) is 14.5. The van der Waals surface area contributed by atoms with Crippen LogP contribution in [-0.2, 0) is 10.0 Å². The number of benzene rings is 3. The molecule has 142 valence electrons. The normalized spacial score (nSPS) is 11.3. The number of nitrogens with one attached hydrogen (secondary N) is 1. The number of nitrogens with zero attached hydrogens (tertiary/aromatic N) is 1. The first kappa shape index (κ1) is 20.0. The molecule has 0 unspecified atom stereocenters. The standard InChI is InChI=1S/C20H15IN2O4S/c21-19-9-5-4-8-18(19)20(24)27-16-12-10-15(11-13-16)14-22-23-28(25,26)17-6-2-1-3-7-17/h1-14,23H/b22-14-. The van der Waals surface area contributed by atoms with Crippen LogP contribution in [0.15, 0.2) is 88.9 Å². The molecule has 3 aromatic carbocycles. The highest BCUT2D eigenvalue weighted by molar-refractivity contribution is 14.1. The van der Waals surface area contributed by atoms with Crippen molar-refractivity contribution < 1.29 is 17.9 Å². The molecule has 0 spiro atoms. The monoisotopic (exact) mass is 506 g/mol. The Labute approximate surface area is 176 Å². The van der Waals surface area contributed by atoms with Gasteiger partial charge in [0.15, 0.2) is 0 Å². The maximum atomic E-state index is 12.2. The fourth-order valence-corrected chi connectivity index (χ4v) is 3.65. The maximum absolute atomic E-state index is 12.2. The van der Waals surface area contributed by atoms with Crippen LogP contribution in [0.1, 0.15) is 15.9 Å². The van der Waals surface area contributed by atoms with Crippen LogP contribution in [0.3, 0.4) is 0 Å². The summed E-state index contributed by atoms with van der Waals surface area (Å²) in [6.45, 7) is 0. The lowest BCUT2D eigenvalue weighted by molar-refractivity contribution is 0.0733. The smallest absolute Gasteiger partial charge is 0.344 e. The molecule has 0 bridgehead atoms. The van der Waals surface area contributed by atoms with Crippen LogP contribution >= 0.6 is 22.6 Å². The van der Waals surface area contributed by atoms with Crippen LogP contribution in [0, 0.1) is 3.57 Å². The number of halogens is 1. The molecule has 0 heterocycles. The van der Waals surface area contributed by atoms with Gasteiger partial charge in [0, 0.05) is 3.57 Å². The van der Waals surface area contributed by atoms with E-state index in [2.05, 4.69) is 32.5 Å². The second-order valence-corrected chi connectivity index (χ2v) is 8.43. The van der Waals surface area contributed by atoms with Gasteiger partial charge in [-0.3, -0.25) is 0 Å². The van der Waals surface area contributed by atoms with E-state index in [-0.39, 0.29) is 4.90 Å². The Hall–Kier alpha value is -2.72. The van der Waals surface area contributed by atoms with Gasteiger partial charge in [0.1, 0.15) is 5.75 Å². The Morgan fingerprint density at radius 1 is 0.929 bits per heavy atom. The van der Waals surface area contributed by atoms with Crippen LogP contribution in [0.2, 0.25) is 0 Å². The van der Waals surface area contributed by atoms with E-state index in [0.717, 1.165) is 3.57 Å². The van der Waals surface area contributed by atoms with Crippen LogP contribution in [0.25, 0.3) is 0 Å². The quantitative estimate of drug-likeness (QED) is 0.181. The SMILES string of the molecule is O=C(Oc1ccc(/C=N\NS(=O)(=O)c2ccccc2)cc1)c1ccccc1I. The largest absolute Gasteiger partial charge is 0.423 e.